The molecular formula is C20H29N5O3. The Morgan fingerprint density at radius 3 is 2.68 bits per heavy atom. The van der Waals surface area contributed by atoms with Crippen molar-refractivity contribution < 1.29 is 14.6 Å². The number of anilines is 3. The first-order valence-corrected chi connectivity index (χ1v) is 9.59. The Balaban J connectivity index is 1.66. The summed E-state index contributed by atoms with van der Waals surface area (Å²) in [5, 5.41) is 16.5. The van der Waals surface area contributed by atoms with Crippen LogP contribution in [0.3, 0.4) is 0 Å². The van der Waals surface area contributed by atoms with Gasteiger partial charge in [0.2, 0.25) is 5.95 Å². The predicted octanol–water partition coefficient (Wildman–Crippen LogP) is 2.41. The second-order valence-electron chi connectivity index (χ2n) is 6.93. The summed E-state index contributed by atoms with van der Waals surface area (Å²) in [5.41, 5.74) is 1.63. The fourth-order valence-electron chi connectivity index (χ4n) is 3.25. The molecular weight excluding hydrogens is 358 g/mol. The lowest BCUT2D eigenvalue weighted by molar-refractivity contribution is 0.0747. The van der Waals surface area contributed by atoms with Crippen LogP contribution in [-0.2, 0) is 0 Å². The lowest BCUT2D eigenvalue weighted by atomic mass is 10.2. The van der Waals surface area contributed by atoms with Crippen molar-refractivity contribution in [1.29, 1.82) is 0 Å². The van der Waals surface area contributed by atoms with Crippen LogP contribution >= 0.6 is 0 Å². The van der Waals surface area contributed by atoms with E-state index in [2.05, 4.69) is 25.5 Å². The number of aliphatic hydroxyl groups is 1. The van der Waals surface area contributed by atoms with E-state index in [-0.39, 0.29) is 6.61 Å². The molecule has 1 aromatic carbocycles. The number of aromatic nitrogens is 2. The summed E-state index contributed by atoms with van der Waals surface area (Å²) >= 11 is 0. The Labute approximate surface area is 165 Å². The smallest absolute Gasteiger partial charge is 0.229 e. The van der Waals surface area contributed by atoms with Gasteiger partial charge in [0.05, 0.1) is 7.11 Å². The highest BCUT2D eigenvalue weighted by Crippen LogP contribution is 2.31. The van der Waals surface area contributed by atoms with Crippen LogP contribution in [0.15, 0.2) is 24.3 Å². The first-order valence-electron chi connectivity index (χ1n) is 9.59. The zero-order valence-electron chi connectivity index (χ0n) is 16.7. The molecule has 0 bridgehead atoms. The van der Waals surface area contributed by atoms with Crippen LogP contribution in [0, 0.1) is 6.92 Å². The van der Waals surface area contributed by atoms with E-state index in [1.807, 2.05) is 38.2 Å². The number of β-amino-alcohol motifs (C(OH)–C–C–N with tert-alkyl or cyclic N) is 1. The molecule has 1 aliphatic heterocycles. The Bertz CT molecular complexity index is 780. The monoisotopic (exact) mass is 387 g/mol. The van der Waals surface area contributed by atoms with Crippen molar-refractivity contribution in [1.82, 2.24) is 14.9 Å². The number of hydrogen-bond acceptors (Lipinski definition) is 8. The van der Waals surface area contributed by atoms with Gasteiger partial charge in [0.25, 0.3) is 0 Å². The third-order valence-corrected chi connectivity index (χ3v) is 4.63. The summed E-state index contributed by atoms with van der Waals surface area (Å²) in [7, 11) is 3.41. The number of nitrogens with one attached hydrogen (secondary N) is 2. The van der Waals surface area contributed by atoms with Crippen molar-refractivity contribution in [2.24, 2.45) is 0 Å². The summed E-state index contributed by atoms with van der Waals surface area (Å²) in [5.74, 6) is 2.41. The van der Waals surface area contributed by atoms with Crippen LogP contribution in [0.25, 0.3) is 0 Å². The molecule has 0 unspecified atom stereocenters. The highest BCUT2D eigenvalue weighted by Gasteiger charge is 2.17. The highest BCUT2D eigenvalue weighted by molar-refractivity contribution is 5.60. The number of aliphatic hydroxyl groups excluding tert-OH is 1. The molecule has 8 heteroatoms. The molecule has 1 aromatic heterocycles. The van der Waals surface area contributed by atoms with Gasteiger partial charge in [-0.15, -0.1) is 0 Å². The summed E-state index contributed by atoms with van der Waals surface area (Å²) in [6.07, 6.45) is 1.86. The molecule has 152 valence electrons. The van der Waals surface area contributed by atoms with Gasteiger partial charge in [0.1, 0.15) is 18.5 Å². The van der Waals surface area contributed by atoms with Crippen molar-refractivity contribution in [3.05, 3.63) is 30.0 Å². The molecule has 0 amide bonds. The Hall–Kier alpha value is -2.58. The van der Waals surface area contributed by atoms with Crippen molar-refractivity contribution in [3.63, 3.8) is 0 Å². The maximum atomic E-state index is 10.3. The number of aryl methyl sites for hydroxylation is 1. The lowest BCUT2D eigenvalue weighted by Gasteiger charge is -2.20. The first-order chi connectivity index (χ1) is 13.6. The number of rotatable bonds is 9. The molecule has 1 aliphatic rings. The van der Waals surface area contributed by atoms with Gasteiger partial charge in [-0.3, -0.25) is 0 Å². The molecule has 1 atom stereocenters. The minimum atomic E-state index is -0.544. The zero-order chi connectivity index (χ0) is 19.9. The first kappa shape index (κ1) is 20.2. The number of nitrogens with zero attached hydrogens (tertiary/aromatic N) is 3. The molecule has 3 N–H and O–H groups in total. The largest absolute Gasteiger partial charge is 0.493 e. The lowest BCUT2D eigenvalue weighted by Crippen LogP contribution is -2.33. The van der Waals surface area contributed by atoms with Crippen LogP contribution < -0.4 is 20.1 Å². The summed E-state index contributed by atoms with van der Waals surface area (Å²) in [6.45, 7) is 4.85. The molecule has 0 spiro atoms. The molecule has 28 heavy (non-hydrogen) atoms. The van der Waals surface area contributed by atoms with Gasteiger partial charge < -0.3 is 30.1 Å². The molecule has 2 aromatic rings. The van der Waals surface area contributed by atoms with E-state index < -0.39 is 6.10 Å². The standard InChI is InChI=1S/C20H29N5O3/c1-14-10-19(21-2)24-20(22-14)23-15-6-7-17(27-3)18(11-15)28-13-16(26)12-25-8-4-5-9-25/h6-7,10-11,16,26H,4-5,8-9,12-13H2,1-3H3,(H2,21,22,23,24)/t16-/m0/s1. The van der Waals surface area contributed by atoms with Crippen LogP contribution in [0.5, 0.6) is 11.5 Å². The molecule has 2 heterocycles. The average molecular weight is 387 g/mol. The summed E-state index contributed by atoms with van der Waals surface area (Å²) < 4.78 is 11.2. The summed E-state index contributed by atoms with van der Waals surface area (Å²) in [4.78, 5) is 11.1. The van der Waals surface area contributed by atoms with Crippen LogP contribution in [0.1, 0.15) is 18.5 Å². The Morgan fingerprint density at radius 2 is 1.96 bits per heavy atom. The Morgan fingerprint density at radius 1 is 1.18 bits per heavy atom. The molecule has 0 radical (unpaired) electrons. The summed E-state index contributed by atoms with van der Waals surface area (Å²) in [6, 6.07) is 7.39. The van der Waals surface area contributed by atoms with Gasteiger partial charge in [-0.1, -0.05) is 0 Å². The SMILES string of the molecule is CNc1cc(C)nc(Nc2ccc(OC)c(OC[C@@H](O)CN3CCCC3)c2)n1. The van der Waals surface area contributed by atoms with E-state index in [1.54, 1.807) is 7.11 Å². The number of hydrogen-bond donors (Lipinski definition) is 3. The van der Waals surface area contributed by atoms with Crippen molar-refractivity contribution >= 4 is 17.5 Å². The molecule has 1 saturated heterocycles. The van der Waals surface area contributed by atoms with Crippen LogP contribution in [-0.4, -0.2) is 66.5 Å². The van der Waals surface area contributed by atoms with Gasteiger partial charge >= 0.3 is 0 Å². The van der Waals surface area contributed by atoms with Crippen LogP contribution in [0.2, 0.25) is 0 Å². The van der Waals surface area contributed by atoms with Crippen molar-refractivity contribution in [3.8, 4) is 11.5 Å². The van der Waals surface area contributed by atoms with Gasteiger partial charge in [0.15, 0.2) is 11.5 Å². The normalized spacial score (nSPS) is 15.3. The number of likely N-dealkylation sites (tertiary alicyclic amines) is 1. The quantitative estimate of drug-likeness (QED) is 0.604. The van der Waals surface area contributed by atoms with Crippen molar-refractivity contribution in [2.45, 2.75) is 25.9 Å². The van der Waals surface area contributed by atoms with E-state index >= 15 is 0 Å². The Kier molecular flexibility index (Phi) is 6.89. The maximum absolute atomic E-state index is 10.3. The molecule has 8 nitrogen and oxygen atoms in total. The van der Waals surface area contributed by atoms with Crippen molar-refractivity contribution in [2.75, 3.05) is 51.0 Å². The zero-order valence-corrected chi connectivity index (χ0v) is 16.7. The highest BCUT2D eigenvalue weighted by atomic mass is 16.5. The predicted molar refractivity (Wildman–Crippen MR) is 110 cm³/mol. The topological polar surface area (TPSA) is 91.8 Å². The number of methoxy groups -OCH3 is 1. The third kappa shape index (κ3) is 5.46. The van der Waals surface area contributed by atoms with E-state index in [9.17, 15) is 5.11 Å². The minimum absolute atomic E-state index is 0.209. The molecule has 0 aliphatic carbocycles. The van der Waals surface area contributed by atoms with E-state index in [0.717, 1.165) is 30.3 Å². The van der Waals surface area contributed by atoms with E-state index in [1.165, 1.54) is 12.8 Å². The molecule has 0 saturated carbocycles. The fraction of sp³-hybridized carbons (Fsp3) is 0.500. The van der Waals surface area contributed by atoms with Gasteiger partial charge in [0, 0.05) is 37.1 Å². The molecule has 3 rings (SSSR count). The van der Waals surface area contributed by atoms with E-state index in [0.29, 0.717) is 24.0 Å². The second kappa shape index (κ2) is 9.57. The third-order valence-electron chi connectivity index (χ3n) is 4.63. The number of ether oxygens (including phenoxy) is 2. The number of benzene rings is 1. The van der Waals surface area contributed by atoms with E-state index in [4.69, 9.17) is 9.47 Å². The van der Waals surface area contributed by atoms with Gasteiger partial charge in [-0.05, 0) is 45.0 Å². The van der Waals surface area contributed by atoms with Gasteiger partial charge in [-0.2, -0.15) is 4.98 Å². The average Bonchev–Trinajstić information content (AvgIpc) is 3.19. The minimum Gasteiger partial charge on any atom is -0.493 e. The second-order valence-corrected chi connectivity index (χ2v) is 6.93. The van der Waals surface area contributed by atoms with Gasteiger partial charge in [-0.25, -0.2) is 4.98 Å². The fourth-order valence-corrected chi connectivity index (χ4v) is 3.25. The van der Waals surface area contributed by atoms with Crippen LogP contribution in [0.4, 0.5) is 17.5 Å². The molecule has 1 fully saturated rings. The maximum Gasteiger partial charge on any atom is 0.229 e.